The van der Waals surface area contributed by atoms with Crippen LogP contribution < -0.4 is 10.6 Å². The number of hydrogen-bond donors (Lipinski definition) is 4. The summed E-state index contributed by atoms with van der Waals surface area (Å²) in [6.45, 7) is 0.0122. The molecule has 5 nitrogen and oxygen atoms in total. The van der Waals surface area contributed by atoms with Crippen LogP contribution in [0, 0.1) is 23.2 Å². The summed E-state index contributed by atoms with van der Waals surface area (Å²) in [5.74, 6) is 2.46. The Hall–Kier alpha value is -1.59. The average Bonchev–Trinajstić information content (AvgIpc) is 2.59. The van der Waals surface area contributed by atoms with E-state index in [2.05, 4.69) is 10.6 Å². The molecule has 0 saturated heterocycles. The van der Waals surface area contributed by atoms with Crippen LogP contribution in [0.3, 0.4) is 0 Å². The SMILES string of the molecule is O=C(Nc1cccc(NCC(O)CO)c1)C12CC3CC(CC(C3)C1)C2. The number of amides is 1. The first-order valence-electron chi connectivity index (χ1n) is 9.50. The fraction of sp³-hybridized carbons (Fsp3) is 0.650. The molecular formula is C20H28N2O3. The molecule has 0 aliphatic heterocycles. The summed E-state index contributed by atoms with van der Waals surface area (Å²) in [5.41, 5.74) is 1.48. The quantitative estimate of drug-likeness (QED) is 0.639. The molecule has 4 aliphatic carbocycles. The van der Waals surface area contributed by atoms with Gasteiger partial charge >= 0.3 is 0 Å². The number of aliphatic hydroxyl groups is 2. The number of hydrogen-bond acceptors (Lipinski definition) is 4. The van der Waals surface area contributed by atoms with E-state index in [0.717, 1.165) is 48.4 Å². The number of carbonyl (C=O) groups excluding carboxylic acids is 1. The van der Waals surface area contributed by atoms with E-state index < -0.39 is 6.10 Å². The van der Waals surface area contributed by atoms with Gasteiger partial charge in [-0.25, -0.2) is 0 Å². The molecule has 4 N–H and O–H groups in total. The molecule has 1 aromatic carbocycles. The van der Waals surface area contributed by atoms with Gasteiger partial charge in [0.2, 0.25) is 5.91 Å². The van der Waals surface area contributed by atoms with E-state index >= 15 is 0 Å². The van der Waals surface area contributed by atoms with Crippen molar-refractivity contribution >= 4 is 17.3 Å². The van der Waals surface area contributed by atoms with Gasteiger partial charge < -0.3 is 20.8 Å². The zero-order chi connectivity index (χ0) is 17.4. The normalized spacial score (nSPS) is 33.9. The lowest BCUT2D eigenvalue weighted by Crippen LogP contribution is -2.51. The third-order valence-electron chi connectivity index (χ3n) is 6.39. The van der Waals surface area contributed by atoms with E-state index in [9.17, 15) is 9.90 Å². The highest BCUT2D eigenvalue weighted by Gasteiger charge is 2.54. The van der Waals surface area contributed by atoms with Crippen LogP contribution in [0.15, 0.2) is 24.3 Å². The van der Waals surface area contributed by atoms with E-state index in [1.165, 1.54) is 19.3 Å². The van der Waals surface area contributed by atoms with Crippen LogP contribution in [-0.2, 0) is 4.79 Å². The van der Waals surface area contributed by atoms with E-state index in [1.807, 2.05) is 24.3 Å². The Morgan fingerprint density at radius 3 is 2.32 bits per heavy atom. The van der Waals surface area contributed by atoms with Crippen molar-refractivity contribution < 1.29 is 15.0 Å². The Bertz CT molecular complexity index is 610. The number of anilines is 2. The molecule has 25 heavy (non-hydrogen) atoms. The third kappa shape index (κ3) is 3.40. The van der Waals surface area contributed by atoms with Gasteiger partial charge in [-0.3, -0.25) is 4.79 Å². The van der Waals surface area contributed by atoms with Crippen molar-refractivity contribution in [3.05, 3.63) is 24.3 Å². The lowest BCUT2D eigenvalue weighted by atomic mass is 9.49. The van der Waals surface area contributed by atoms with Crippen LogP contribution in [0.4, 0.5) is 11.4 Å². The first kappa shape index (κ1) is 16.9. The van der Waals surface area contributed by atoms with Gasteiger partial charge in [0.05, 0.1) is 18.1 Å². The van der Waals surface area contributed by atoms with E-state index in [0.29, 0.717) is 0 Å². The molecule has 4 fully saturated rings. The summed E-state index contributed by atoms with van der Waals surface area (Å²) in [5, 5.41) is 24.6. The highest BCUT2D eigenvalue weighted by atomic mass is 16.3. The topological polar surface area (TPSA) is 81.6 Å². The zero-order valence-corrected chi connectivity index (χ0v) is 14.6. The first-order valence-corrected chi connectivity index (χ1v) is 9.50. The second-order valence-electron chi connectivity index (χ2n) is 8.45. The third-order valence-corrected chi connectivity index (χ3v) is 6.39. The number of carbonyl (C=O) groups is 1. The summed E-state index contributed by atoms with van der Waals surface area (Å²) in [6, 6.07) is 7.59. The molecule has 1 unspecified atom stereocenters. The van der Waals surface area contributed by atoms with Crippen molar-refractivity contribution in [2.75, 3.05) is 23.8 Å². The summed E-state index contributed by atoms with van der Waals surface area (Å²) < 4.78 is 0. The van der Waals surface area contributed by atoms with Gasteiger partial charge in [-0.05, 0) is 74.5 Å². The van der Waals surface area contributed by atoms with Crippen LogP contribution in [-0.4, -0.2) is 35.4 Å². The van der Waals surface area contributed by atoms with Crippen LogP contribution in [0.25, 0.3) is 0 Å². The Balaban J connectivity index is 1.43. The van der Waals surface area contributed by atoms with E-state index in [-0.39, 0.29) is 24.5 Å². The number of rotatable bonds is 6. The molecule has 4 aliphatic rings. The number of benzene rings is 1. The maximum atomic E-state index is 13.1. The van der Waals surface area contributed by atoms with Gasteiger partial charge in [0.1, 0.15) is 0 Å². The molecule has 1 amide bonds. The van der Waals surface area contributed by atoms with Gasteiger partial charge in [-0.15, -0.1) is 0 Å². The first-order chi connectivity index (χ1) is 12.1. The fourth-order valence-corrected chi connectivity index (χ4v) is 5.66. The molecular weight excluding hydrogens is 316 g/mol. The van der Waals surface area contributed by atoms with Crippen molar-refractivity contribution in [3.63, 3.8) is 0 Å². The highest BCUT2D eigenvalue weighted by molar-refractivity contribution is 5.96. The molecule has 0 aromatic heterocycles. The predicted octanol–water partition coefficient (Wildman–Crippen LogP) is 2.61. The number of nitrogens with one attached hydrogen (secondary N) is 2. The van der Waals surface area contributed by atoms with Crippen molar-refractivity contribution in [3.8, 4) is 0 Å². The zero-order valence-electron chi connectivity index (χ0n) is 14.6. The largest absolute Gasteiger partial charge is 0.394 e. The molecule has 0 spiro atoms. The molecule has 5 rings (SSSR count). The lowest BCUT2D eigenvalue weighted by molar-refractivity contribution is -0.140. The molecule has 5 heteroatoms. The lowest BCUT2D eigenvalue weighted by Gasteiger charge is -2.55. The molecule has 4 bridgehead atoms. The molecule has 0 radical (unpaired) electrons. The number of aliphatic hydroxyl groups excluding tert-OH is 2. The predicted molar refractivity (Wildman–Crippen MR) is 97.3 cm³/mol. The minimum absolute atomic E-state index is 0.148. The van der Waals surface area contributed by atoms with Crippen LogP contribution in [0.2, 0.25) is 0 Å². The second kappa shape index (κ2) is 6.61. The fourth-order valence-electron chi connectivity index (χ4n) is 5.66. The summed E-state index contributed by atoms with van der Waals surface area (Å²) in [6.07, 6.45) is 6.39. The maximum Gasteiger partial charge on any atom is 0.230 e. The van der Waals surface area contributed by atoms with Crippen LogP contribution >= 0.6 is 0 Å². The molecule has 4 saturated carbocycles. The van der Waals surface area contributed by atoms with Crippen LogP contribution in [0.5, 0.6) is 0 Å². The minimum Gasteiger partial charge on any atom is -0.394 e. The Morgan fingerprint density at radius 1 is 1.12 bits per heavy atom. The smallest absolute Gasteiger partial charge is 0.230 e. The van der Waals surface area contributed by atoms with Crippen molar-refractivity contribution in [1.29, 1.82) is 0 Å². The monoisotopic (exact) mass is 344 g/mol. The van der Waals surface area contributed by atoms with E-state index in [4.69, 9.17) is 5.11 Å². The molecule has 1 atom stereocenters. The molecule has 0 heterocycles. The average molecular weight is 344 g/mol. The molecule has 1 aromatic rings. The summed E-state index contributed by atoms with van der Waals surface area (Å²) in [4.78, 5) is 13.1. The van der Waals surface area contributed by atoms with Gasteiger partial charge in [-0.2, -0.15) is 0 Å². The van der Waals surface area contributed by atoms with Gasteiger partial charge in [0.15, 0.2) is 0 Å². The van der Waals surface area contributed by atoms with Gasteiger partial charge in [0, 0.05) is 17.9 Å². The van der Waals surface area contributed by atoms with Crippen molar-refractivity contribution in [2.45, 2.75) is 44.6 Å². The van der Waals surface area contributed by atoms with Gasteiger partial charge in [-0.1, -0.05) is 6.07 Å². The standard InChI is InChI=1S/C20H28N2O3/c23-12-18(24)11-21-16-2-1-3-17(7-16)22-19(25)20-8-13-4-14(9-20)6-15(5-13)10-20/h1-3,7,13-15,18,21,23-24H,4-6,8-12H2,(H,22,25). The van der Waals surface area contributed by atoms with Crippen molar-refractivity contribution in [2.24, 2.45) is 23.2 Å². The van der Waals surface area contributed by atoms with Gasteiger partial charge in [0.25, 0.3) is 0 Å². The molecule has 136 valence electrons. The van der Waals surface area contributed by atoms with E-state index in [1.54, 1.807) is 0 Å². The Morgan fingerprint density at radius 2 is 1.72 bits per heavy atom. The summed E-state index contributed by atoms with van der Waals surface area (Å²) >= 11 is 0. The summed E-state index contributed by atoms with van der Waals surface area (Å²) in [7, 11) is 0. The second-order valence-corrected chi connectivity index (χ2v) is 8.45. The van der Waals surface area contributed by atoms with Crippen LogP contribution in [0.1, 0.15) is 38.5 Å². The van der Waals surface area contributed by atoms with Crippen molar-refractivity contribution in [1.82, 2.24) is 0 Å². The Kier molecular flexibility index (Phi) is 4.46. The minimum atomic E-state index is -0.787. The highest BCUT2D eigenvalue weighted by Crippen LogP contribution is 2.60. The Labute approximate surface area is 148 Å². The maximum absolute atomic E-state index is 13.1.